The molecule has 0 spiro atoms. The quantitative estimate of drug-likeness (QED) is 0.567. The molecule has 0 amide bonds. The first-order valence-corrected chi connectivity index (χ1v) is 6.92. The van der Waals surface area contributed by atoms with Crippen LogP contribution in [-0.4, -0.2) is 10.7 Å². The van der Waals surface area contributed by atoms with Crippen LogP contribution in [0.25, 0.3) is 10.9 Å². The zero-order valence-corrected chi connectivity index (χ0v) is 12.5. The average Bonchev–Trinajstić information content (AvgIpc) is 2.91. The van der Waals surface area contributed by atoms with Gasteiger partial charge in [0.2, 0.25) is 0 Å². The first-order chi connectivity index (χ1) is 10.1. The van der Waals surface area contributed by atoms with Crippen LogP contribution in [0, 0.1) is 6.92 Å². The van der Waals surface area contributed by atoms with E-state index >= 15 is 0 Å². The number of nitrogens with one attached hydrogen (secondary N) is 1. The third-order valence-corrected chi connectivity index (χ3v) is 3.38. The Kier molecular flexibility index (Phi) is 3.62. The second-order valence-electron chi connectivity index (χ2n) is 4.74. The number of benzene rings is 1. The van der Waals surface area contributed by atoms with Gasteiger partial charge in [0, 0.05) is 16.6 Å². The van der Waals surface area contributed by atoms with Crippen LogP contribution in [0.5, 0.6) is 0 Å². The summed E-state index contributed by atoms with van der Waals surface area (Å²) in [6.45, 7) is 3.80. The Morgan fingerprint density at radius 1 is 1.24 bits per heavy atom. The molecule has 0 atom stereocenters. The summed E-state index contributed by atoms with van der Waals surface area (Å²) in [6, 6.07) is 11.3. The number of halogens is 1. The molecule has 21 heavy (non-hydrogen) atoms. The van der Waals surface area contributed by atoms with Crippen molar-refractivity contribution in [3.8, 4) is 0 Å². The summed E-state index contributed by atoms with van der Waals surface area (Å²) in [5.41, 5.74) is 5.54. The summed E-state index contributed by atoms with van der Waals surface area (Å²) in [5, 5.41) is 5.99. The van der Waals surface area contributed by atoms with E-state index in [4.69, 9.17) is 16.0 Å². The van der Waals surface area contributed by atoms with Crippen molar-refractivity contribution in [3.05, 3.63) is 59.1 Å². The van der Waals surface area contributed by atoms with Crippen molar-refractivity contribution >= 4 is 33.9 Å². The molecule has 0 saturated carbocycles. The molecule has 0 aliphatic rings. The Balaban J connectivity index is 1.91. The fourth-order valence-corrected chi connectivity index (χ4v) is 2.21. The van der Waals surface area contributed by atoms with Gasteiger partial charge in [0.05, 0.1) is 11.2 Å². The van der Waals surface area contributed by atoms with Crippen LogP contribution in [-0.2, 0) is 0 Å². The van der Waals surface area contributed by atoms with Crippen molar-refractivity contribution in [2.24, 2.45) is 5.10 Å². The maximum absolute atomic E-state index is 5.98. The molecule has 0 aliphatic heterocycles. The van der Waals surface area contributed by atoms with Crippen LogP contribution < -0.4 is 5.43 Å². The van der Waals surface area contributed by atoms with Gasteiger partial charge in [0.25, 0.3) is 0 Å². The van der Waals surface area contributed by atoms with E-state index in [1.807, 2.05) is 50.2 Å². The van der Waals surface area contributed by atoms with E-state index in [9.17, 15) is 0 Å². The summed E-state index contributed by atoms with van der Waals surface area (Å²) in [7, 11) is 0. The second-order valence-corrected chi connectivity index (χ2v) is 5.18. The molecule has 2 heterocycles. The van der Waals surface area contributed by atoms with Gasteiger partial charge >= 0.3 is 0 Å². The zero-order valence-electron chi connectivity index (χ0n) is 11.7. The molecule has 1 aromatic carbocycles. The van der Waals surface area contributed by atoms with Gasteiger partial charge in [0.1, 0.15) is 17.2 Å². The minimum Gasteiger partial charge on any atom is -0.460 e. The van der Waals surface area contributed by atoms with Crippen LogP contribution in [0.4, 0.5) is 5.69 Å². The maximum Gasteiger partial charge on any atom is 0.149 e. The summed E-state index contributed by atoms with van der Waals surface area (Å²) in [5.74, 6) is 1.62. The van der Waals surface area contributed by atoms with Crippen molar-refractivity contribution in [2.75, 3.05) is 5.43 Å². The molecular formula is C16H14ClN3O. The zero-order chi connectivity index (χ0) is 14.8. The number of aromatic nitrogens is 1. The number of hydrogen-bond acceptors (Lipinski definition) is 4. The molecule has 0 aliphatic carbocycles. The summed E-state index contributed by atoms with van der Waals surface area (Å²) >= 11 is 5.98. The van der Waals surface area contributed by atoms with E-state index in [0.717, 1.165) is 33.8 Å². The van der Waals surface area contributed by atoms with Crippen molar-refractivity contribution in [1.29, 1.82) is 0 Å². The lowest BCUT2D eigenvalue weighted by Gasteiger charge is -2.06. The first-order valence-electron chi connectivity index (χ1n) is 6.55. The number of anilines is 1. The largest absolute Gasteiger partial charge is 0.460 e. The predicted octanol–water partition coefficient (Wildman–Crippen LogP) is 4.63. The SMILES string of the molecule is C/C(=N/Nc1ccnc2cc(Cl)ccc12)c1ccc(C)o1. The normalized spacial score (nSPS) is 11.9. The molecule has 0 saturated heterocycles. The average molecular weight is 300 g/mol. The van der Waals surface area contributed by atoms with Gasteiger partial charge in [-0.3, -0.25) is 10.4 Å². The molecule has 3 rings (SSSR count). The highest BCUT2D eigenvalue weighted by molar-refractivity contribution is 6.31. The van der Waals surface area contributed by atoms with E-state index in [2.05, 4.69) is 15.5 Å². The molecular weight excluding hydrogens is 286 g/mol. The van der Waals surface area contributed by atoms with Crippen LogP contribution >= 0.6 is 11.6 Å². The standard InChI is InChI=1S/C16H14ClN3O/c1-10-3-6-16(21-10)11(2)19-20-14-7-8-18-15-9-12(17)4-5-13(14)15/h3-9H,1-2H3,(H,18,20)/b19-11-. The van der Waals surface area contributed by atoms with Crippen molar-refractivity contribution in [1.82, 2.24) is 4.98 Å². The van der Waals surface area contributed by atoms with Gasteiger partial charge in [-0.05, 0) is 50.2 Å². The van der Waals surface area contributed by atoms with E-state index in [-0.39, 0.29) is 0 Å². The van der Waals surface area contributed by atoms with E-state index in [0.29, 0.717) is 5.02 Å². The number of fused-ring (bicyclic) bond motifs is 1. The number of hydrogen-bond donors (Lipinski definition) is 1. The Hall–Kier alpha value is -2.33. The lowest BCUT2D eigenvalue weighted by molar-refractivity contribution is 0.525. The topological polar surface area (TPSA) is 50.4 Å². The summed E-state index contributed by atoms with van der Waals surface area (Å²) < 4.78 is 5.54. The second kappa shape index (κ2) is 5.58. The molecule has 0 radical (unpaired) electrons. The van der Waals surface area contributed by atoms with E-state index in [1.54, 1.807) is 6.20 Å². The number of furan rings is 1. The number of rotatable bonds is 3. The Bertz CT molecular complexity index is 823. The molecule has 2 aromatic heterocycles. The monoisotopic (exact) mass is 299 g/mol. The molecule has 1 N–H and O–H groups in total. The van der Waals surface area contributed by atoms with Gasteiger partial charge in [-0.15, -0.1) is 0 Å². The van der Waals surface area contributed by atoms with Crippen LogP contribution in [0.15, 0.2) is 52.1 Å². The van der Waals surface area contributed by atoms with Crippen molar-refractivity contribution in [2.45, 2.75) is 13.8 Å². The van der Waals surface area contributed by atoms with Crippen LogP contribution in [0.3, 0.4) is 0 Å². The van der Waals surface area contributed by atoms with E-state index in [1.165, 1.54) is 0 Å². The van der Waals surface area contributed by atoms with Gasteiger partial charge in [-0.2, -0.15) is 5.10 Å². The number of hydrazone groups is 1. The Morgan fingerprint density at radius 3 is 2.86 bits per heavy atom. The molecule has 0 bridgehead atoms. The number of aryl methyl sites for hydroxylation is 1. The van der Waals surface area contributed by atoms with Gasteiger partial charge < -0.3 is 4.42 Å². The smallest absolute Gasteiger partial charge is 0.149 e. The van der Waals surface area contributed by atoms with Crippen molar-refractivity contribution < 1.29 is 4.42 Å². The fourth-order valence-electron chi connectivity index (χ4n) is 2.05. The van der Waals surface area contributed by atoms with Gasteiger partial charge in [0.15, 0.2) is 0 Å². The molecule has 106 valence electrons. The van der Waals surface area contributed by atoms with Crippen LogP contribution in [0.2, 0.25) is 5.02 Å². The molecule has 0 unspecified atom stereocenters. The lowest BCUT2D eigenvalue weighted by Crippen LogP contribution is -1.99. The highest BCUT2D eigenvalue weighted by atomic mass is 35.5. The number of pyridine rings is 1. The molecule has 4 nitrogen and oxygen atoms in total. The van der Waals surface area contributed by atoms with Crippen LogP contribution in [0.1, 0.15) is 18.4 Å². The Labute approximate surface area is 127 Å². The lowest BCUT2D eigenvalue weighted by atomic mass is 10.2. The highest BCUT2D eigenvalue weighted by Gasteiger charge is 2.04. The fraction of sp³-hybridized carbons (Fsp3) is 0.125. The van der Waals surface area contributed by atoms with E-state index < -0.39 is 0 Å². The number of nitrogens with zero attached hydrogens (tertiary/aromatic N) is 2. The van der Waals surface area contributed by atoms with Gasteiger partial charge in [-0.1, -0.05) is 11.6 Å². The Morgan fingerprint density at radius 2 is 2.10 bits per heavy atom. The maximum atomic E-state index is 5.98. The predicted molar refractivity (Wildman–Crippen MR) is 86.0 cm³/mol. The summed E-state index contributed by atoms with van der Waals surface area (Å²) in [4.78, 5) is 4.30. The molecule has 3 aromatic rings. The van der Waals surface area contributed by atoms with Gasteiger partial charge in [-0.25, -0.2) is 0 Å². The highest BCUT2D eigenvalue weighted by Crippen LogP contribution is 2.24. The molecule has 5 heteroatoms. The third-order valence-electron chi connectivity index (χ3n) is 3.15. The molecule has 0 fully saturated rings. The third kappa shape index (κ3) is 2.90. The first kappa shape index (κ1) is 13.6. The minimum atomic E-state index is 0.665. The minimum absolute atomic E-state index is 0.665. The summed E-state index contributed by atoms with van der Waals surface area (Å²) in [6.07, 6.45) is 1.73. The van der Waals surface area contributed by atoms with Crippen molar-refractivity contribution in [3.63, 3.8) is 0 Å².